The molecule has 4 fully saturated rings. The van der Waals surface area contributed by atoms with Crippen LogP contribution >= 0.6 is 0 Å². The van der Waals surface area contributed by atoms with E-state index >= 15 is 0 Å². The van der Waals surface area contributed by atoms with E-state index in [4.69, 9.17) is 14.2 Å². The summed E-state index contributed by atoms with van der Waals surface area (Å²) in [6, 6.07) is 26.7. The van der Waals surface area contributed by atoms with E-state index in [1.807, 2.05) is 13.8 Å². The second-order valence-electron chi connectivity index (χ2n) is 22.2. The highest BCUT2D eigenvalue weighted by atomic mass is 32.2. The van der Waals surface area contributed by atoms with Crippen molar-refractivity contribution in [2.24, 2.45) is 46.3 Å². The molecule has 12 nitrogen and oxygen atoms in total. The van der Waals surface area contributed by atoms with Gasteiger partial charge in [0.1, 0.15) is 18.9 Å². The van der Waals surface area contributed by atoms with Crippen LogP contribution in [0.3, 0.4) is 0 Å². The Balaban J connectivity index is 1.07. The lowest BCUT2D eigenvalue weighted by molar-refractivity contribution is -0.199. The van der Waals surface area contributed by atoms with Crippen LogP contribution in [0.4, 0.5) is 11.4 Å². The molecule has 0 spiro atoms. The first-order chi connectivity index (χ1) is 34.3. The molecule has 4 aromatic rings. The van der Waals surface area contributed by atoms with Gasteiger partial charge in [-0.3, -0.25) is 14.4 Å². The van der Waals surface area contributed by atoms with Gasteiger partial charge in [-0.15, -0.1) is 0 Å². The minimum atomic E-state index is -4.38. The molecule has 14 heteroatoms. The van der Waals surface area contributed by atoms with E-state index in [0.717, 1.165) is 82.2 Å². The summed E-state index contributed by atoms with van der Waals surface area (Å²) in [5, 5.41) is 0. The van der Waals surface area contributed by atoms with Gasteiger partial charge in [0, 0.05) is 24.7 Å². The molecule has 14 rings (SSSR count). The number of hydrogen-bond donors (Lipinski definition) is 0. The average molecular weight is 1020 g/mol. The Morgan fingerprint density at radius 1 is 0.667 bits per heavy atom. The molecule has 0 N–H and O–H groups in total. The van der Waals surface area contributed by atoms with Crippen LogP contribution in [-0.4, -0.2) is 60.7 Å². The predicted octanol–water partition coefficient (Wildman–Crippen LogP) is 10.9. The van der Waals surface area contributed by atoms with Gasteiger partial charge in [0.05, 0.1) is 28.3 Å². The lowest BCUT2D eigenvalue weighted by Gasteiger charge is -2.62. The third-order valence-electron chi connectivity index (χ3n) is 18.2. The molecule has 0 saturated heterocycles. The zero-order valence-corrected chi connectivity index (χ0v) is 44.4. The number of carbonyl (C=O) groups is 3. The number of nitrogens with zero attached hydrogens (tertiary/aromatic N) is 2. The number of benzene rings is 4. The topological polar surface area (TPSA) is 154 Å². The van der Waals surface area contributed by atoms with Crippen molar-refractivity contribution in [2.45, 2.75) is 147 Å². The van der Waals surface area contributed by atoms with Crippen LogP contribution in [0, 0.1) is 60.2 Å². The van der Waals surface area contributed by atoms with Gasteiger partial charge < -0.3 is 14.2 Å². The number of anilines is 2. The van der Waals surface area contributed by atoms with Crippen LogP contribution < -0.4 is 8.61 Å². The van der Waals surface area contributed by atoms with Gasteiger partial charge in [0.25, 0.3) is 20.0 Å². The molecule has 0 aromatic heterocycles. The molecule has 10 atom stereocenters. The minimum Gasteiger partial charge on any atom is -0.469 e. The molecule has 4 saturated carbocycles. The van der Waals surface area contributed by atoms with Crippen molar-refractivity contribution in [3.63, 3.8) is 0 Å². The van der Waals surface area contributed by atoms with Crippen LogP contribution in [0.25, 0.3) is 0 Å². The van der Waals surface area contributed by atoms with Gasteiger partial charge >= 0.3 is 17.9 Å². The number of sulfonamides is 2. The van der Waals surface area contributed by atoms with Gasteiger partial charge in [0.2, 0.25) is 0 Å². The fraction of sp³-hybridized carbons (Fsp3) is 0.534. The van der Waals surface area contributed by atoms with Crippen molar-refractivity contribution in [2.75, 3.05) is 22.4 Å². The van der Waals surface area contributed by atoms with Crippen molar-refractivity contribution in [3.05, 3.63) is 119 Å². The predicted molar refractivity (Wildman–Crippen MR) is 277 cm³/mol. The molecule has 386 valence electrons. The van der Waals surface area contributed by atoms with E-state index in [-0.39, 0.29) is 86.8 Å². The summed E-state index contributed by atoms with van der Waals surface area (Å²) in [5.74, 6) is 1.30. The normalized spacial score (nSPS) is 29.6. The zero-order chi connectivity index (χ0) is 51.2. The first kappa shape index (κ1) is 51.7. The molecule has 10 aliphatic rings. The van der Waals surface area contributed by atoms with Crippen molar-refractivity contribution < 1.29 is 45.4 Å². The first-order valence-electron chi connectivity index (χ1n) is 26.1. The van der Waals surface area contributed by atoms with Crippen molar-refractivity contribution >= 4 is 49.3 Å². The molecular weight excluding hydrogens is 949 g/mol. The lowest BCUT2D eigenvalue weighted by atomic mass is 9.43. The molecule has 0 radical (unpaired) electrons. The van der Waals surface area contributed by atoms with E-state index < -0.39 is 26.7 Å². The maximum atomic E-state index is 14.9. The highest BCUT2D eigenvalue weighted by Gasteiger charge is 2.65. The third kappa shape index (κ3) is 10.1. The molecule has 6 heterocycles. The maximum absolute atomic E-state index is 14.9. The molecule has 4 aromatic carbocycles. The van der Waals surface area contributed by atoms with Crippen LogP contribution in [0.5, 0.6) is 0 Å². The average Bonchev–Trinajstić information content (AvgIpc) is 3.73. The van der Waals surface area contributed by atoms with E-state index in [1.165, 1.54) is 31.4 Å². The van der Waals surface area contributed by atoms with E-state index in [2.05, 4.69) is 20.8 Å². The van der Waals surface area contributed by atoms with Gasteiger partial charge in [-0.05, 0) is 185 Å². The largest absolute Gasteiger partial charge is 0.469 e. The number of methoxy groups -OCH3 is 1. The number of rotatable bonds is 8. The van der Waals surface area contributed by atoms with E-state index in [0.29, 0.717) is 49.4 Å². The molecule has 0 amide bonds. The van der Waals surface area contributed by atoms with E-state index in [9.17, 15) is 31.2 Å². The van der Waals surface area contributed by atoms with E-state index in [1.54, 1.807) is 72.8 Å². The molecule has 6 aliphatic heterocycles. The smallest absolute Gasteiger partial charge is 0.306 e. The standard InChI is InChI=1S/C58H72N2O10S2/c1-38-7-23-47(24-8-38)71(64,65)59-37-60(72(66,67)48-25-9-39(2)10-26-48)45-21-14-42(15-22-45)17-32-56(63)70-53-36-52-49(51-29-28-50(58(51,53)5)40(3)11-30-54(61)68-6)27-18-43-35-46(33-34-57(43,52)4)69-55(62)31-16-41-12-19-44(59)20-13-41/h7-10,12-15,19-26,40,43,46,49-53H,11,16-18,27-37H2,1-6H3/t40-,43-,46-,49+,50-,51+,52+,53+,57+,58-/m1/s1. The number of fused-ring (bicyclic) bond motifs is 2. The first-order valence-corrected chi connectivity index (χ1v) is 29.0. The number of ether oxygens (including phenoxy) is 3. The molecular formula is C58H72N2O10S2. The zero-order valence-electron chi connectivity index (χ0n) is 42.8. The number of hydrogen-bond acceptors (Lipinski definition) is 10. The summed E-state index contributed by atoms with van der Waals surface area (Å²) in [6.45, 7) is 10.2. The monoisotopic (exact) mass is 1020 g/mol. The summed E-state index contributed by atoms with van der Waals surface area (Å²) >= 11 is 0. The summed E-state index contributed by atoms with van der Waals surface area (Å²) < 4.78 is 79.6. The minimum absolute atomic E-state index is 0.00249. The Morgan fingerprint density at radius 2 is 1.19 bits per heavy atom. The Kier molecular flexibility index (Phi) is 14.8. The third-order valence-corrected chi connectivity index (χ3v) is 21.8. The second-order valence-corrected chi connectivity index (χ2v) is 25.9. The number of esters is 3. The quantitative estimate of drug-likeness (QED) is 0.123. The Hall–Kier alpha value is -5.21. The highest BCUT2D eigenvalue weighted by molar-refractivity contribution is 7.94. The van der Waals surface area contributed by atoms with Crippen LogP contribution in [0.15, 0.2) is 107 Å². The van der Waals surface area contributed by atoms with Gasteiger partial charge in [-0.1, -0.05) is 80.4 Å². The molecule has 4 aliphatic carbocycles. The second kappa shape index (κ2) is 20.6. The van der Waals surface area contributed by atoms with Crippen LogP contribution in [-0.2, 0) is 61.5 Å². The van der Waals surface area contributed by atoms with Crippen molar-refractivity contribution in [1.29, 1.82) is 0 Å². The summed E-state index contributed by atoms with van der Waals surface area (Å²) in [7, 11) is -7.31. The Bertz CT molecular complexity index is 2840. The highest BCUT2D eigenvalue weighted by Crippen LogP contribution is 2.69. The molecule has 9 bridgehead atoms. The van der Waals surface area contributed by atoms with Crippen LogP contribution in [0.1, 0.15) is 120 Å². The Morgan fingerprint density at radius 3 is 1.72 bits per heavy atom. The van der Waals surface area contributed by atoms with Crippen LogP contribution in [0.2, 0.25) is 0 Å². The lowest BCUT2D eigenvalue weighted by Crippen LogP contribution is -2.59. The number of carbonyl (C=O) groups excluding carboxylic acids is 3. The van der Waals surface area contributed by atoms with Crippen molar-refractivity contribution in [1.82, 2.24) is 0 Å². The maximum Gasteiger partial charge on any atom is 0.306 e. The summed E-state index contributed by atoms with van der Waals surface area (Å²) in [4.78, 5) is 40.3. The Labute approximate surface area is 427 Å². The van der Waals surface area contributed by atoms with Gasteiger partial charge in [0.15, 0.2) is 0 Å². The molecule has 72 heavy (non-hydrogen) atoms. The fourth-order valence-corrected chi connectivity index (χ4v) is 16.9. The summed E-state index contributed by atoms with van der Waals surface area (Å²) in [5.41, 5.74) is 3.54. The number of aryl methyl sites for hydroxylation is 4. The van der Waals surface area contributed by atoms with Gasteiger partial charge in [-0.2, -0.15) is 0 Å². The van der Waals surface area contributed by atoms with Crippen molar-refractivity contribution in [3.8, 4) is 0 Å². The SMILES string of the molecule is COC(=O)CC[C@@H](C)[C@H]1CC[C@H]2[C@@H]3CC[C@@H]4C[C@H]5CC[C@]4(C)[C@H]3C[C@H](OC(=O)CCc3ccc(cc3)N(S(=O)(=O)c3ccc(C)cc3)CN(S(=O)(=O)c3ccc(C)cc3)c3ccc(cc3)CCC(=O)O5)[C@]12C. The fourth-order valence-electron chi connectivity index (χ4n) is 14.0. The summed E-state index contributed by atoms with van der Waals surface area (Å²) in [6.07, 6.45) is 9.08. The van der Waals surface area contributed by atoms with Gasteiger partial charge in [-0.25, -0.2) is 25.4 Å². The molecule has 0 unspecified atom stereocenters.